The minimum absolute atomic E-state index is 0.848. The lowest BCUT2D eigenvalue weighted by Gasteiger charge is -2.09. The lowest BCUT2D eigenvalue weighted by atomic mass is 9.92. The zero-order chi connectivity index (χ0) is 28.4. The topological polar surface area (TPSA) is 0 Å². The van der Waals surface area contributed by atoms with Crippen LogP contribution in [0.15, 0.2) is 146 Å². The molecular formula is C42H24. The molecule has 0 aliphatic rings. The van der Waals surface area contributed by atoms with Gasteiger partial charge in [-0.15, -0.1) is 0 Å². The average Bonchev–Trinajstić information content (AvgIpc) is 3.06. The molecule has 192 valence electrons. The fourth-order valence-corrected chi connectivity index (χ4v) is 4.52. The Morgan fingerprint density at radius 2 is 0.571 bits per heavy atom. The van der Waals surface area contributed by atoms with Gasteiger partial charge in [0, 0.05) is 49.9 Å². The molecule has 6 aromatic rings. The number of hydrogen-bond donors (Lipinski definition) is 0. The van der Waals surface area contributed by atoms with E-state index in [-0.39, 0.29) is 0 Å². The predicted octanol–water partition coefficient (Wildman–Crippen LogP) is 8.44. The van der Waals surface area contributed by atoms with Gasteiger partial charge in [-0.2, -0.15) is 0 Å². The van der Waals surface area contributed by atoms with Gasteiger partial charge in [0.25, 0.3) is 0 Å². The Kier molecular flexibility index (Phi) is 7.93. The van der Waals surface area contributed by atoms with Crippen LogP contribution in [0.4, 0.5) is 0 Å². The maximum Gasteiger partial charge on any atom is 0.0497 e. The van der Waals surface area contributed by atoms with Crippen LogP contribution in [0.3, 0.4) is 0 Å². The maximum atomic E-state index is 3.48. The minimum Gasteiger partial charge on any atom is -0.0622 e. The molecule has 0 N–H and O–H groups in total. The Balaban J connectivity index is 1.63. The van der Waals surface area contributed by atoms with Crippen LogP contribution in [-0.4, -0.2) is 0 Å². The van der Waals surface area contributed by atoms with Crippen molar-refractivity contribution in [2.45, 2.75) is 0 Å². The van der Waals surface area contributed by atoms with Gasteiger partial charge in [-0.3, -0.25) is 0 Å². The normalized spacial score (nSPS) is 9.62. The van der Waals surface area contributed by atoms with Crippen LogP contribution in [0, 0.1) is 47.4 Å². The zero-order valence-electron chi connectivity index (χ0n) is 22.9. The van der Waals surface area contributed by atoms with Crippen molar-refractivity contribution in [3.05, 3.63) is 190 Å². The Morgan fingerprint density at radius 3 is 0.905 bits per heavy atom. The van der Waals surface area contributed by atoms with Crippen molar-refractivity contribution in [2.24, 2.45) is 0 Å². The summed E-state index contributed by atoms with van der Waals surface area (Å²) in [5.41, 5.74) is 7.18. The molecule has 6 rings (SSSR count). The van der Waals surface area contributed by atoms with Gasteiger partial charge in [0.15, 0.2) is 0 Å². The molecular weight excluding hydrogens is 504 g/mol. The monoisotopic (exact) mass is 528 g/mol. The molecule has 0 heterocycles. The molecule has 6 aromatic carbocycles. The molecule has 0 spiro atoms. The summed E-state index contributed by atoms with van der Waals surface area (Å²) in [6, 6.07) is 48.4. The Labute approximate surface area is 247 Å². The smallest absolute Gasteiger partial charge is 0.0497 e. The third-order valence-corrected chi connectivity index (χ3v) is 6.63. The van der Waals surface area contributed by atoms with Crippen molar-refractivity contribution >= 4 is 10.8 Å². The summed E-state index contributed by atoms with van der Waals surface area (Å²) in [4.78, 5) is 0. The van der Waals surface area contributed by atoms with E-state index in [1.54, 1.807) is 0 Å². The van der Waals surface area contributed by atoms with Crippen LogP contribution >= 0.6 is 0 Å². The van der Waals surface area contributed by atoms with Gasteiger partial charge in [0.2, 0.25) is 0 Å². The summed E-state index contributed by atoms with van der Waals surface area (Å²) in [6.07, 6.45) is 0. The van der Waals surface area contributed by atoms with Crippen molar-refractivity contribution in [1.82, 2.24) is 0 Å². The maximum absolute atomic E-state index is 3.48. The molecule has 0 fully saturated rings. The molecule has 42 heavy (non-hydrogen) atoms. The summed E-state index contributed by atoms with van der Waals surface area (Å²) in [5, 5.41) is 2.00. The van der Waals surface area contributed by atoms with Crippen molar-refractivity contribution in [3.8, 4) is 47.4 Å². The van der Waals surface area contributed by atoms with Crippen LogP contribution < -0.4 is 0 Å². The highest BCUT2D eigenvalue weighted by Crippen LogP contribution is 2.28. The Bertz CT molecular complexity index is 1960. The van der Waals surface area contributed by atoms with Crippen molar-refractivity contribution < 1.29 is 0 Å². The highest BCUT2D eigenvalue weighted by Gasteiger charge is 2.12. The van der Waals surface area contributed by atoms with Crippen LogP contribution in [0.2, 0.25) is 0 Å². The number of hydrogen-bond acceptors (Lipinski definition) is 0. The van der Waals surface area contributed by atoms with Gasteiger partial charge in [-0.05, 0) is 66.0 Å². The molecule has 0 amide bonds. The average molecular weight is 529 g/mol. The summed E-state index contributed by atoms with van der Waals surface area (Å²) in [6.45, 7) is 0. The molecule has 0 heteroatoms. The molecule has 0 aliphatic carbocycles. The molecule has 0 radical (unpaired) electrons. The molecule has 0 unspecified atom stereocenters. The van der Waals surface area contributed by atoms with E-state index in [9.17, 15) is 0 Å². The molecule has 0 aliphatic heterocycles. The SMILES string of the molecule is C(#Cc1ccc2ccc(C#Cc3ccccc3)c(C#Cc3ccccc3)c2c1C#Cc1ccccc1)c1ccccc1. The van der Waals surface area contributed by atoms with E-state index in [0.717, 1.165) is 55.3 Å². The summed E-state index contributed by atoms with van der Waals surface area (Å²) in [5.74, 6) is 27.1. The highest BCUT2D eigenvalue weighted by molar-refractivity contribution is 5.97. The summed E-state index contributed by atoms with van der Waals surface area (Å²) >= 11 is 0. The first-order valence-corrected chi connectivity index (χ1v) is 13.7. The summed E-state index contributed by atoms with van der Waals surface area (Å²) in [7, 11) is 0. The third kappa shape index (κ3) is 6.34. The van der Waals surface area contributed by atoms with Crippen LogP contribution in [0.1, 0.15) is 44.5 Å². The van der Waals surface area contributed by atoms with E-state index in [1.807, 2.05) is 121 Å². The van der Waals surface area contributed by atoms with E-state index in [2.05, 4.69) is 71.6 Å². The van der Waals surface area contributed by atoms with E-state index in [4.69, 9.17) is 0 Å². The molecule has 0 bridgehead atoms. The summed E-state index contributed by atoms with van der Waals surface area (Å²) < 4.78 is 0. The number of fused-ring (bicyclic) bond motifs is 1. The van der Waals surface area contributed by atoms with Crippen molar-refractivity contribution in [1.29, 1.82) is 0 Å². The second-order valence-corrected chi connectivity index (χ2v) is 9.54. The predicted molar refractivity (Wildman–Crippen MR) is 174 cm³/mol. The standard InChI is InChI=1S/C42H24/c1-5-13-33(14-6-1)21-25-37-27-29-39-30-28-38(26-22-34-15-7-2-8-16-34)41(32-24-36-19-11-4-12-20-36)42(39)40(37)31-23-35-17-9-3-10-18-35/h1-20,27-30H. The highest BCUT2D eigenvalue weighted by atomic mass is 14.1. The van der Waals surface area contributed by atoms with Crippen LogP contribution in [0.5, 0.6) is 0 Å². The molecule has 0 nitrogen and oxygen atoms in total. The number of benzene rings is 6. The van der Waals surface area contributed by atoms with Gasteiger partial charge in [-0.1, -0.05) is 132 Å². The minimum atomic E-state index is 0.848. The van der Waals surface area contributed by atoms with Crippen LogP contribution in [0.25, 0.3) is 10.8 Å². The third-order valence-electron chi connectivity index (χ3n) is 6.63. The van der Waals surface area contributed by atoms with E-state index < -0.39 is 0 Å². The Morgan fingerprint density at radius 1 is 0.262 bits per heavy atom. The van der Waals surface area contributed by atoms with Gasteiger partial charge in [-0.25, -0.2) is 0 Å². The molecule has 0 saturated carbocycles. The van der Waals surface area contributed by atoms with Crippen molar-refractivity contribution in [3.63, 3.8) is 0 Å². The Hall–Kier alpha value is -6.18. The van der Waals surface area contributed by atoms with Gasteiger partial charge in [0.05, 0.1) is 0 Å². The van der Waals surface area contributed by atoms with Gasteiger partial charge in [0.1, 0.15) is 0 Å². The zero-order valence-corrected chi connectivity index (χ0v) is 22.9. The molecule has 0 aromatic heterocycles. The second-order valence-electron chi connectivity index (χ2n) is 9.54. The van der Waals surface area contributed by atoms with E-state index >= 15 is 0 Å². The lowest BCUT2D eigenvalue weighted by molar-refractivity contribution is 1.58. The second kappa shape index (κ2) is 12.8. The lowest BCUT2D eigenvalue weighted by Crippen LogP contribution is -1.94. The van der Waals surface area contributed by atoms with E-state index in [1.165, 1.54) is 0 Å². The molecule has 0 saturated heterocycles. The van der Waals surface area contributed by atoms with Gasteiger partial charge < -0.3 is 0 Å². The quantitative estimate of drug-likeness (QED) is 0.174. The fourth-order valence-electron chi connectivity index (χ4n) is 4.52. The first kappa shape index (κ1) is 26.1. The van der Waals surface area contributed by atoms with Gasteiger partial charge >= 0.3 is 0 Å². The van der Waals surface area contributed by atoms with Crippen LogP contribution in [-0.2, 0) is 0 Å². The first-order chi connectivity index (χ1) is 20.8. The largest absolute Gasteiger partial charge is 0.0622 e. The first-order valence-electron chi connectivity index (χ1n) is 13.7. The molecule has 0 atom stereocenters. The van der Waals surface area contributed by atoms with Crippen molar-refractivity contribution in [2.75, 3.05) is 0 Å². The fraction of sp³-hybridized carbons (Fsp3) is 0. The van der Waals surface area contributed by atoms with E-state index in [0.29, 0.717) is 0 Å². The number of rotatable bonds is 0.